The SMILES string of the molecule is CC(=O)Oc1ccc(C(=O)N[C@@H]2CCn3nccc3C2)cc1. The average Bonchev–Trinajstić information content (AvgIpc) is 2.95. The fraction of sp³-hybridized carbons (Fsp3) is 0.312. The fourth-order valence-corrected chi connectivity index (χ4v) is 2.60. The van der Waals surface area contributed by atoms with Crippen LogP contribution < -0.4 is 10.1 Å². The zero-order chi connectivity index (χ0) is 15.5. The molecule has 1 aromatic carbocycles. The second-order valence-corrected chi connectivity index (χ2v) is 5.33. The lowest BCUT2D eigenvalue weighted by Gasteiger charge is -2.24. The Hall–Kier alpha value is -2.63. The molecule has 1 aromatic heterocycles. The molecule has 0 fully saturated rings. The molecule has 0 saturated carbocycles. The van der Waals surface area contributed by atoms with Crippen molar-refractivity contribution in [1.82, 2.24) is 15.1 Å². The molecule has 1 atom stereocenters. The van der Waals surface area contributed by atoms with Gasteiger partial charge in [-0.3, -0.25) is 14.3 Å². The molecule has 0 unspecified atom stereocenters. The summed E-state index contributed by atoms with van der Waals surface area (Å²) in [5.74, 6) is -0.0611. The van der Waals surface area contributed by atoms with E-state index < -0.39 is 0 Å². The Bertz CT molecular complexity index is 691. The largest absolute Gasteiger partial charge is 0.427 e. The lowest BCUT2D eigenvalue weighted by Crippen LogP contribution is -2.40. The molecule has 1 aliphatic rings. The first-order chi connectivity index (χ1) is 10.6. The highest BCUT2D eigenvalue weighted by Gasteiger charge is 2.20. The van der Waals surface area contributed by atoms with Crippen molar-refractivity contribution >= 4 is 11.9 Å². The Morgan fingerprint density at radius 3 is 2.77 bits per heavy atom. The number of hydrogen-bond donors (Lipinski definition) is 1. The minimum absolute atomic E-state index is 0.116. The molecule has 0 spiro atoms. The van der Waals surface area contributed by atoms with Crippen LogP contribution in [0.3, 0.4) is 0 Å². The maximum absolute atomic E-state index is 12.3. The topological polar surface area (TPSA) is 73.2 Å². The van der Waals surface area contributed by atoms with Crippen LogP contribution >= 0.6 is 0 Å². The highest BCUT2D eigenvalue weighted by atomic mass is 16.5. The average molecular weight is 299 g/mol. The van der Waals surface area contributed by atoms with E-state index in [9.17, 15) is 9.59 Å². The van der Waals surface area contributed by atoms with Crippen LogP contribution in [0.5, 0.6) is 5.75 Å². The predicted molar refractivity (Wildman–Crippen MR) is 79.6 cm³/mol. The molecule has 0 bridgehead atoms. The van der Waals surface area contributed by atoms with Gasteiger partial charge in [-0.2, -0.15) is 5.10 Å². The first-order valence-corrected chi connectivity index (χ1v) is 7.22. The molecule has 6 nitrogen and oxygen atoms in total. The van der Waals surface area contributed by atoms with E-state index in [-0.39, 0.29) is 17.9 Å². The molecular weight excluding hydrogens is 282 g/mol. The molecule has 2 heterocycles. The molecule has 1 amide bonds. The Morgan fingerprint density at radius 1 is 1.27 bits per heavy atom. The number of aryl methyl sites for hydroxylation is 1. The third-order valence-electron chi connectivity index (χ3n) is 3.66. The van der Waals surface area contributed by atoms with Gasteiger partial charge >= 0.3 is 5.97 Å². The van der Waals surface area contributed by atoms with Crippen LogP contribution in [-0.2, 0) is 17.8 Å². The van der Waals surface area contributed by atoms with Crippen molar-refractivity contribution in [3.05, 3.63) is 47.8 Å². The first kappa shape index (κ1) is 14.3. The van der Waals surface area contributed by atoms with Gasteiger partial charge in [0.1, 0.15) is 5.75 Å². The molecule has 0 aliphatic carbocycles. The second-order valence-electron chi connectivity index (χ2n) is 5.33. The van der Waals surface area contributed by atoms with Crippen molar-refractivity contribution in [3.63, 3.8) is 0 Å². The van der Waals surface area contributed by atoms with Crippen LogP contribution in [0.15, 0.2) is 36.5 Å². The van der Waals surface area contributed by atoms with Crippen molar-refractivity contribution in [2.24, 2.45) is 0 Å². The summed E-state index contributed by atoms with van der Waals surface area (Å²) in [7, 11) is 0. The second kappa shape index (κ2) is 6.01. The third-order valence-corrected chi connectivity index (χ3v) is 3.66. The van der Waals surface area contributed by atoms with Crippen LogP contribution in [0.25, 0.3) is 0 Å². The van der Waals surface area contributed by atoms with E-state index in [4.69, 9.17) is 4.74 Å². The monoisotopic (exact) mass is 299 g/mol. The number of aromatic nitrogens is 2. The maximum Gasteiger partial charge on any atom is 0.308 e. The van der Waals surface area contributed by atoms with E-state index >= 15 is 0 Å². The number of hydrogen-bond acceptors (Lipinski definition) is 4. The number of benzene rings is 1. The smallest absolute Gasteiger partial charge is 0.308 e. The van der Waals surface area contributed by atoms with E-state index in [1.165, 1.54) is 6.92 Å². The van der Waals surface area contributed by atoms with Crippen molar-refractivity contribution in [1.29, 1.82) is 0 Å². The lowest BCUT2D eigenvalue weighted by atomic mass is 10.0. The Labute approximate surface area is 128 Å². The van der Waals surface area contributed by atoms with Gasteiger partial charge in [0.15, 0.2) is 0 Å². The number of fused-ring (bicyclic) bond motifs is 1. The van der Waals surface area contributed by atoms with Crippen LogP contribution in [0.2, 0.25) is 0 Å². The van der Waals surface area contributed by atoms with Gasteiger partial charge in [-0.1, -0.05) is 0 Å². The summed E-state index contributed by atoms with van der Waals surface area (Å²) in [5.41, 5.74) is 1.69. The molecule has 114 valence electrons. The predicted octanol–water partition coefficient (Wildman–Crippen LogP) is 1.55. The minimum atomic E-state index is -0.379. The zero-order valence-electron chi connectivity index (χ0n) is 12.3. The van der Waals surface area contributed by atoms with Gasteiger partial charge in [-0.05, 0) is 36.8 Å². The summed E-state index contributed by atoms with van der Waals surface area (Å²) in [4.78, 5) is 23.1. The number of rotatable bonds is 3. The van der Waals surface area contributed by atoms with Crippen molar-refractivity contribution in [2.75, 3.05) is 0 Å². The van der Waals surface area contributed by atoms with Crippen LogP contribution in [-0.4, -0.2) is 27.7 Å². The van der Waals surface area contributed by atoms with Crippen molar-refractivity contribution in [2.45, 2.75) is 32.4 Å². The summed E-state index contributed by atoms with van der Waals surface area (Å²) in [5, 5.41) is 7.26. The van der Waals surface area contributed by atoms with Gasteiger partial charge in [0.25, 0.3) is 5.91 Å². The number of esters is 1. The number of carbonyl (C=O) groups excluding carboxylic acids is 2. The summed E-state index contributed by atoms with van der Waals surface area (Å²) in [6.07, 6.45) is 3.44. The number of amides is 1. The molecule has 22 heavy (non-hydrogen) atoms. The Kier molecular flexibility index (Phi) is 3.91. The van der Waals surface area contributed by atoms with Gasteiger partial charge in [0.2, 0.25) is 0 Å². The molecule has 1 N–H and O–H groups in total. The van der Waals surface area contributed by atoms with Crippen molar-refractivity contribution < 1.29 is 14.3 Å². The summed E-state index contributed by atoms with van der Waals surface area (Å²) < 4.78 is 6.92. The van der Waals surface area contributed by atoms with E-state index in [0.29, 0.717) is 11.3 Å². The van der Waals surface area contributed by atoms with Crippen LogP contribution in [0, 0.1) is 0 Å². The Balaban J connectivity index is 1.61. The highest BCUT2D eigenvalue weighted by Crippen LogP contribution is 2.16. The Morgan fingerprint density at radius 2 is 2.05 bits per heavy atom. The number of nitrogens with one attached hydrogen (secondary N) is 1. The minimum Gasteiger partial charge on any atom is -0.427 e. The highest BCUT2D eigenvalue weighted by molar-refractivity contribution is 5.94. The molecule has 0 radical (unpaired) electrons. The van der Waals surface area contributed by atoms with E-state index in [1.54, 1.807) is 30.5 Å². The van der Waals surface area contributed by atoms with Gasteiger partial charge in [0, 0.05) is 43.4 Å². The number of ether oxygens (including phenoxy) is 1. The van der Waals surface area contributed by atoms with Crippen molar-refractivity contribution in [3.8, 4) is 5.75 Å². The van der Waals surface area contributed by atoms with Gasteiger partial charge in [-0.15, -0.1) is 0 Å². The zero-order valence-corrected chi connectivity index (χ0v) is 12.3. The molecule has 2 aromatic rings. The van der Waals surface area contributed by atoms with Gasteiger partial charge < -0.3 is 10.1 Å². The number of carbonyl (C=O) groups is 2. The van der Waals surface area contributed by atoms with Crippen LogP contribution in [0.4, 0.5) is 0 Å². The van der Waals surface area contributed by atoms with Gasteiger partial charge in [0.05, 0.1) is 0 Å². The van der Waals surface area contributed by atoms with E-state index in [2.05, 4.69) is 10.4 Å². The first-order valence-electron chi connectivity index (χ1n) is 7.22. The quantitative estimate of drug-likeness (QED) is 0.689. The maximum atomic E-state index is 12.3. The summed E-state index contributed by atoms with van der Waals surface area (Å²) in [6, 6.07) is 8.64. The molecular formula is C16H17N3O3. The molecule has 6 heteroatoms. The third kappa shape index (κ3) is 3.16. The standard InChI is InChI=1S/C16H17N3O3/c1-11(20)22-15-4-2-12(3-5-15)16(21)18-13-7-9-19-14(10-13)6-8-17-19/h2-6,8,13H,7,9-10H2,1H3,(H,18,21)/t13-/m1/s1. The number of nitrogens with zero attached hydrogens (tertiary/aromatic N) is 2. The lowest BCUT2D eigenvalue weighted by molar-refractivity contribution is -0.131. The van der Waals surface area contributed by atoms with E-state index in [0.717, 1.165) is 25.1 Å². The summed E-state index contributed by atoms with van der Waals surface area (Å²) >= 11 is 0. The molecule has 1 aliphatic heterocycles. The van der Waals surface area contributed by atoms with E-state index in [1.807, 2.05) is 10.7 Å². The molecule has 0 saturated heterocycles. The van der Waals surface area contributed by atoms with Crippen LogP contribution in [0.1, 0.15) is 29.4 Å². The molecule has 3 rings (SSSR count). The normalized spacial score (nSPS) is 16.7. The fourth-order valence-electron chi connectivity index (χ4n) is 2.60. The van der Waals surface area contributed by atoms with Gasteiger partial charge in [-0.25, -0.2) is 0 Å². The summed E-state index contributed by atoms with van der Waals surface area (Å²) in [6.45, 7) is 2.16.